The number of sulfonamides is 1. The number of carbonyl (C=O) groups excluding carboxylic acids is 1. The number of anilines is 1. The number of aromatic carboxylic acids is 1. The van der Waals surface area contributed by atoms with Crippen molar-refractivity contribution in [2.24, 2.45) is 0 Å². The van der Waals surface area contributed by atoms with E-state index in [4.69, 9.17) is 5.11 Å². The lowest BCUT2D eigenvalue weighted by Gasteiger charge is -2.15. The van der Waals surface area contributed by atoms with Crippen molar-refractivity contribution in [3.05, 3.63) is 57.8 Å². The SMILES string of the molecule is CCN1C(=O)c2cccc3c(S(=O)(=O)NCc4ccc(C(=O)O)s4)ccc1c23. The fourth-order valence-electron chi connectivity index (χ4n) is 3.40. The van der Waals surface area contributed by atoms with Crippen molar-refractivity contribution < 1.29 is 23.1 Å². The zero-order valence-electron chi connectivity index (χ0n) is 14.8. The molecule has 2 N–H and O–H groups in total. The van der Waals surface area contributed by atoms with Gasteiger partial charge in [0.1, 0.15) is 4.88 Å². The topological polar surface area (TPSA) is 104 Å². The number of hydrogen-bond donors (Lipinski definition) is 2. The van der Waals surface area contributed by atoms with Gasteiger partial charge in [0.05, 0.1) is 10.6 Å². The summed E-state index contributed by atoms with van der Waals surface area (Å²) in [7, 11) is -3.86. The lowest BCUT2D eigenvalue weighted by Crippen LogP contribution is -2.26. The Labute approximate surface area is 165 Å². The number of carboxylic acids is 1. The van der Waals surface area contributed by atoms with Gasteiger partial charge in [-0.1, -0.05) is 12.1 Å². The first-order valence-corrected chi connectivity index (χ1v) is 10.8. The van der Waals surface area contributed by atoms with Gasteiger partial charge in [-0.05, 0) is 37.3 Å². The van der Waals surface area contributed by atoms with Crippen LogP contribution in [0.15, 0.2) is 47.4 Å². The molecule has 0 atom stereocenters. The van der Waals surface area contributed by atoms with Crippen molar-refractivity contribution in [3.8, 4) is 0 Å². The van der Waals surface area contributed by atoms with E-state index in [0.717, 1.165) is 11.3 Å². The molecule has 1 amide bonds. The minimum atomic E-state index is -3.86. The van der Waals surface area contributed by atoms with Crippen molar-refractivity contribution in [1.82, 2.24) is 4.72 Å². The van der Waals surface area contributed by atoms with Crippen LogP contribution < -0.4 is 9.62 Å². The summed E-state index contributed by atoms with van der Waals surface area (Å²) >= 11 is 1.02. The van der Waals surface area contributed by atoms with E-state index in [2.05, 4.69) is 4.72 Å². The molecule has 0 unspecified atom stereocenters. The number of nitrogens with zero attached hydrogens (tertiary/aromatic N) is 1. The molecule has 28 heavy (non-hydrogen) atoms. The summed E-state index contributed by atoms with van der Waals surface area (Å²) in [5.41, 5.74) is 1.21. The molecule has 1 aliphatic heterocycles. The highest BCUT2D eigenvalue weighted by molar-refractivity contribution is 7.89. The van der Waals surface area contributed by atoms with Gasteiger partial charge < -0.3 is 10.0 Å². The van der Waals surface area contributed by atoms with Gasteiger partial charge in [0, 0.05) is 34.3 Å². The average molecular weight is 416 g/mol. The highest BCUT2D eigenvalue weighted by Gasteiger charge is 2.31. The van der Waals surface area contributed by atoms with Crippen LogP contribution in [0.1, 0.15) is 31.8 Å². The van der Waals surface area contributed by atoms with Gasteiger partial charge >= 0.3 is 5.97 Å². The summed E-state index contributed by atoms with van der Waals surface area (Å²) < 4.78 is 28.4. The Morgan fingerprint density at radius 1 is 1.18 bits per heavy atom. The first-order chi connectivity index (χ1) is 13.3. The Bertz CT molecular complexity index is 1230. The molecule has 0 radical (unpaired) electrons. The summed E-state index contributed by atoms with van der Waals surface area (Å²) in [6, 6.07) is 11.3. The van der Waals surface area contributed by atoms with E-state index in [1.807, 2.05) is 6.92 Å². The van der Waals surface area contributed by atoms with Crippen LogP contribution in [0.3, 0.4) is 0 Å². The zero-order valence-corrected chi connectivity index (χ0v) is 16.4. The highest BCUT2D eigenvalue weighted by atomic mass is 32.2. The molecule has 9 heteroatoms. The van der Waals surface area contributed by atoms with Gasteiger partial charge in [0.25, 0.3) is 5.91 Å². The van der Waals surface area contributed by atoms with Crippen LogP contribution in [-0.4, -0.2) is 31.9 Å². The van der Waals surface area contributed by atoms with Gasteiger partial charge in [-0.15, -0.1) is 11.3 Å². The number of rotatable bonds is 6. The number of hydrogen-bond acceptors (Lipinski definition) is 5. The van der Waals surface area contributed by atoms with Crippen LogP contribution in [0.2, 0.25) is 0 Å². The molecular weight excluding hydrogens is 400 g/mol. The van der Waals surface area contributed by atoms with Crippen molar-refractivity contribution in [2.45, 2.75) is 18.4 Å². The van der Waals surface area contributed by atoms with Gasteiger partial charge in [-0.3, -0.25) is 4.79 Å². The third-order valence-electron chi connectivity index (χ3n) is 4.66. The molecule has 2 heterocycles. The minimum Gasteiger partial charge on any atom is -0.477 e. The van der Waals surface area contributed by atoms with Crippen molar-refractivity contribution >= 4 is 49.7 Å². The predicted octanol–water partition coefficient (Wildman–Crippen LogP) is 3.06. The number of nitrogens with one attached hydrogen (secondary N) is 1. The summed E-state index contributed by atoms with van der Waals surface area (Å²) in [5, 5.41) is 10.1. The lowest BCUT2D eigenvalue weighted by atomic mass is 10.1. The fourth-order valence-corrected chi connectivity index (χ4v) is 5.48. The minimum absolute atomic E-state index is 0.0107. The van der Waals surface area contributed by atoms with Crippen molar-refractivity contribution in [3.63, 3.8) is 0 Å². The molecule has 1 aliphatic rings. The summed E-state index contributed by atoms with van der Waals surface area (Å²) in [4.78, 5) is 26.0. The lowest BCUT2D eigenvalue weighted by molar-refractivity contribution is 0.0702. The predicted molar refractivity (Wildman–Crippen MR) is 107 cm³/mol. The molecule has 7 nitrogen and oxygen atoms in total. The van der Waals surface area contributed by atoms with Gasteiger partial charge in [-0.2, -0.15) is 0 Å². The van der Waals surface area contributed by atoms with E-state index in [9.17, 15) is 18.0 Å². The second-order valence-electron chi connectivity index (χ2n) is 6.26. The summed E-state index contributed by atoms with van der Waals surface area (Å²) in [6.07, 6.45) is 0. The standard InChI is InChI=1S/C19H16N2O5S2/c1-2-21-14-7-9-16(12-4-3-5-13(17(12)14)18(21)22)28(25,26)20-10-11-6-8-15(27-11)19(23)24/h3-9,20H,2,10H2,1H3,(H,23,24). The fraction of sp³-hybridized carbons (Fsp3) is 0.158. The Morgan fingerprint density at radius 3 is 2.64 bits per heavy atom. The quantitative estimate of drug-likeness (QED) is 0.643. The van der Waals surface area contributed by atoms with Crippen LogP contribution in [-0.2, 0) is 16.6 Å². The Hall–Kier alpha value is -2.75. The first kappa shape index (κ1) is 18.6. The maximum absolute atomic E-state index is 12.9. The monoisotopic (exact) mass is 416 g/mol. The van der Waals surface area contributed by atoms with Crippen molar-refractivity contribution in [2.75, 3.05) is 11.4 Å². The molecule has 0 aliphatic carbocycles. The van der Waals surface area contributed by atoms with E-state index in [-0.39, 0.29) is 22.2 Å². The van der Waals surface area contributed by atoms with Crippen LogP contribution in [0, 0.1) is 0 Å². The number of amides is 1. The molecule has 0 saturated heterocycles. The van der Waals surface area contributed by atoms with E-state index < -0.39 is 16.0 Å². The molecule has 0 bridgehead atoms. The second kappa shape index (κ2) is 6.69. The number of carbonyl (C=O) groups is 2. The number of thiophene rings is 1. The summed E-state index contributed by atoms with van der Waals surface area (Å²) in [5.74, 6) is -1.18. The molecule has 4 rings (SSSR count). The van der Waals surface area contributed by atoms with Gasteiger partial charge in [0.2, 0.25) is 10.0 Å². The third kappa shape index (κ3) is 2.88. The Balaban J connectivity index is 1.72. The van der Waals surface area contributed by atoms with E-state index in [1.165, 1.54) is 12.1 Å². The number of carboxylic acid groups (broad SMARTS) is 1. The molecule has 2 aromatic carbocycles. The van der Waals surface area contributed by atoms with Gasteiger partial charge in [0.15, 0.2) is 0 Å². The van der Waals surface area contributed by atoms with E-state index >= 15 is 0 Å². The maximum Gasteiger partial charge on any atom is 0.345 e. The highest BCUT2D eigenvalue weighted by Crippen LogP contribution is 2.39. The van der Waals surface area contributed by atoms with Crippen LogP contribution >= 0.6 is 11.3 Å². The molecule has 0 spiro atoms. The largest absolute Gasteiger partial charge is 0.477 e. The van der Waals surface area contributed by atoms with Crippen LogP contribution in [0.25, 0.3) is 10.8 Å². The molecule has 1 aromatic heterocycles. The first-order valence-electron chi connectivity index (χ1n) is 8.52. The maximum atomic E-state index is 12.9. The summed E-state index contributed by atoms with van der Waals surface area (Å²) in [6.45, 7) is 2.36. The molecule has 144 valence electrons. The average Bonchev–Trinajstić information content (AvgIpc) is 3.25. The third-order valence-corrected chi connectivity index (χ3v) is 7.19. The molecule has 0 saturated carbocycles. The smallest absolute Gasteiger partial charge is 0.345 e. The zero-order chi connectivity index (χ0) is 20.1. The second-order valence-corrected chi connectivity index (χ2v) is 9.16. The Kier molecular flexibility index (Phi) is 4.45. The van der Waals surface area contributed by atoms with Gasteiger partial charge in [-0.25, -0.2) is 17.9 Å². The normalized spacial score (nSPS) is 13.5. The van der Waals surface area contributed by atoms with E-state index in [1.54, 1.807) is 35.2 Å². The van der Waals surface area contributed by atoms with Crippen LogP contribution in [0.5, 0.6) is 0 Å². The molecule has 0 fully saturated rings. The molecular formula is C19H16N2O5S2. The van der Waals surface area contributed by atoms with Crippen molar-refractivity contribution in [1.29, 1.82) is 0 Å². The Morgan fingerprint density at radius 2 is 1.96 bits per heavy atom. The number of benzene rings is 2. The molecule has 3 aromatic rings. The van der Waals surface area contributed by atoms with E-state index in [0.29, 0.717) is 33.4 Å². The van der Waals surface area contributed by atoms with Crippen LogP contribution in [0.4, 0.5) is 5.69 Å².